The van der Waals surface area contributed by atoms with Crippen LogP contribution in [0.3, 0.4) is 0 Å². The number of aliphatic hydroxyl groups excluding tert-OH is 8. The Balaban J connectivity index is 5.97. The summed E-state index contributed by atoms with van der Waals surface area (Å²) in [6.45, 7) is -2.62. The summed E-state index contributed by atoms with van der Waals surface area (Å²) in [6, 6.07) is 0. The average molecular weight is 370 g/mol. The summed E-state index contributed by atoms with van der Waals surface area (Å²) in [5, 5.41) is 76.3. The molecule has 0 aromatic rings. The number of hydrogen-bond acceptors (Lipinski definition) is 10. The molecule has 152 valence electrons. The second kappa shape index (κ2) is 11.3. The van der Waals surface area contributed by atoms with Crippen molar-refractivity contribution in [1.82, 2.24) is 0 Å². The molecule has 0 saturated carbocycles. The molecule has 0 rings (SSSR count). The van der Waals surface area contributed by atoms with Crippen molar-refractivity contribution in [1.29, 1.82) is 0 Å². The fourth-order valence-corrected chi connectivity index (χ4v) is 3.38. The molecule has 0 aliphatic rings. The molecule has 0 fully saturated rings. The van der Waals surface area contributed by atoms with E-state index in [-0.39, 0.29) is 32.2 Å². The highest BCUT2D eigenvalue weighted by Crippen LogP contribution is 2.44. The molecule has 0 radical (unpaired) electrons. The van der Waals surface area contributed by atoms with E-state index in [1.54, 1.807) is 0 Å². The highest BCUT2D eigenvalue weighted by atomic mass is 16.3. The molecule has 10 heteroatoms. The summed E-state index contributed by atoms with van der Waals surface area (Å²) >= 11 is 0. The van der Waals surface area contributed by atoms with Gasteiger partial charge in [0, 0.05) is 11.0 Å². The van der Waals surface area contributed by atoms with E-state index in [0.29, 0.717) is 0 Å². The predicted molar refractivity (Wildman–Crippen MR) is 89.2 cm³/mol. The number of nitrogens with two attached hydrogens (primary N) is 2. The highest BCUT2D eigenvalue weighted by molar-refractivity contribution is 5.07. The molecule has 0 aliphatic heterocycles. The van der Waals surface area contributed by atoms with Crippen LogP contribution in [0.15, 0.2) is 0 Å². The first kappa shape index (κ1) is 24.6. The van der Waals surface area contributed by atoms with E-state index in [4.69, 9.17) is 21.7 Å². The Bertz CT molecular complexity index is 336. The Morgan fingerprint density at radius 1 is 0.600 bits per heavy atom. The Kier molecular flexibility index (Phi) is 11.2. The van der Waals surface area contributed by atoms with Crippen LogP contribution in [0.5, 0.6) is 0 Å². The zero-order chi connectivity index (χ0) is 19.7. The lowest BCUT2D eigenvalue weighted by Gasteiger charge is -2.51. The van der Waals surface area contributed by atoms with Gasteiger partial charge in [0.05, 0.1) is 50.8 Å². The van der Waals surface area contributed by atoms with Crippen molar-refractivity contribution < 1.29 is 40.9 Å². The summed E-state index contributed by atoms with van der Waals surface area (Å²) in [7, 11) is 0. The fourth-order valence-electron chi connectivity index (χ4n) is 3.38. The van der Waals surface area contributed by atoms with Crippen molar-refractivity contribution in [3.8, 4) is 0 Å². The van der Waals surface area contributed by atoms with Gasteiger partial charge in [0.2, 0.25) is 0 Å². The molecule has 0 spiro atoms. The van der Waals surface area contributed by atoms with Gasteiger partial charge in [-0.15, -0.1) is 0 Å². The van der Waals surface area contributed by atoms with Gasteiger partial charge in [0.1, 0.15) is 0 Å². The molecule has 4 unspecified atom stereocenters. The van der Waals surface area contributed by atoms with Gasteiger partial charge >= 0.3 is 0 Å². The Labute approximate surface area is 147 Å². The zero-order valence-electron chi connectivity index (χ0n) is 14.4. The normalized spacial score (nSPS) is 21.8. The van der Waals surface area contributed by atoms with Gasteiger partial charge in [-0.2, -0.15) is 0 Å². The van der Waals surface area contributed by atoms with Gasteiger partial charge in [-0.25, -0.2) is 0 Å². The van der Waals surface area contributed by atoms with Gasteiger partial charge in [0.25, 0.3) is 0 Å². The molecule has 10 nitrogen and oxygen atoms in total. The summed E-state index contributed by atoms with van der Waals surface area (Å²) < 4.78 is 0. The van der Waals surface area contributed by atoms with E-state index in [1.807, 2.05) is 0 Å². The molecule has 12 N–H and O–H groups in total. The minimum Gasteiger partial charge on any atom is -0.394 e. The van der Waals surface area contributed by atoms with E-state index in [0.717, 1.165) is 0 Å². The molecule has 25 heavy (non-hydrogen) atoms. The quantitative estimate of drug-likeness (QED) is 0.142. The van der Waals surface area contributed by atoms with Crippen molar-refractivity contribution in [2.24, 2.45) is 16.9 Å². The second-order valence-corrected chi connectivity index (χ2v) is 6.80. The number of hydrogen-bond donors (Lipinski definition) is 10. The predicted octanol–water partition coefficient (Wildman–Crippen LogP) is -4.40. The monoisotopic (exact) mass is 370 g/mol. The second-order valence-electron chi connectivity index (χ2n) is 6.80. The minimum atomic E-state index is -1.52. The lowest BCUT2D eigenvalue weighted by molar-refractivity contribution is -0.0652. The van der Waals surface area contributed by atoms with Crippen molar-refractivity contribution in [3.05, 3.63) is 0 Å². The fraction of sp³-hybridized carbons (Fsp3) is 1.00. The van der Waals surface area contributed by atoms with Crippen LogP contribution in [0.2, 0.25) is 0 Å². The number of aliphatic hydroxyl groups is 8. The molecule has 0 aromatic heterocycles. The topological polar surface area (TPSA) is 214 Å². The van der Waals surface area contributed by atoms with Crippen LogP contribution >= 0.6 is 0 Å². The number of rotatable bonds is 14. The summed E-state index contributed by atoms with van der Waals surface area (Å²) in [5.41, 5.74) is 9.50. The van der Waals surface area contributed by atoms with E-state index in [9.17, 15) is 30.6 Å². The third kappa shape index (κ3) is 7.02. The first-order valence-electron chi connectivity index (χ1n) is 8.28. The van der Waals surface area contributed by atoms with Crippen LogP contribution in [-0.2, 0) is 0 Å². The summed E-state index contributed by atoms with van der Waals surface area (Å²) in [4.78, 5) is 0. The van der Waals surface area contributed by atoms with Crippen molar-refractivity contribution in [2.75, 3.05) is 33.0 Å². The molecule has 4 atom stereocenters. The smallest absolute Gasteiger partial charge is 0.0788 e. The van der Waals surface area contributed by atoms with Gasteiger partial charge in [-0.1, -0.05) is 0 Å². The van der Waals surface area contributed by atoms with Crippen LogP contribution in [0.1, 0.15) is 25.7 Å². The Hall–Kier alpha value is -0.400. The van der Waals surface area contributed by atoms with Gasteiger partial charge < -0.3 is 52.3 Å². The average Bonchev–Trinajstić information content (AvgIpc) is 2.59. The van der Waals surface area contributed by atoms with Crippen molar-refractivity contribution in [3.63, 3.8) is 0 Å². The standard InChI is InChI=1S/C15H34N2O8/c16-9-14(1-10(22)5-18,2-11(23)6-19)15(17,3-12(24)7-20)4-13(25)8-21/h10-13,18-25H,1-9,16-17H2. The lowest BCUT2D eigenvalue weighted by Crippen LogP contribution is -2.64. The van der Waals surface area contributed by atoms with Crippen molar-refractivity contribution in [2.45, 2.75) is 55.6 Å². The van der Waals surface area contributed by atoms with Crippen LogP contribution in [0, 0.1) is 5.41 Å². The maximum absolute atomic E-state index is 9.93. The lowest BCUT2D eigenvalue weighted by atomic mass is 9.59. The molecule has 0 amide bonds. The molecule has 0 saturated heterocycles. The molecule has 0 heterocycles. The third-order valence-electron chi connectivity index (χ3n) is 4.74. The first-order chi connectivity index (χ1) is 11.6. The van der Waals surface area contributed by atoms with E-state index >= 15 is 0 Å². The van der Waals surface area contributed by atoms with Crippen LogP contribution in [0.4, 0.5) is 0 Å². The zero-order valence-corrected chi connectivity index (χ0v) is 14.4. The molecule has 0 bridgehead atoms. The van der Waals surface area contributed by atoms with Crippen LogP contribution in [-0.4, -0.2) is 104 Å². The molecular weight excluding hydrogens is 336 g/mol. The van der Waals surface area contributed by atoms with Gasteiger partial charge in [-0.05, 0) is 32.2 Å². The van der Waals surface area contributed by atoms with Crippen molar-refractivity contribution >= 4 is 0 Å². The van der Waals surface area contributed by atoms with E-state index < -0.39 is 61.8 Å². The summed E-state index contributed by atoms with van der Waals surface area (Å²) in [5.74, 6) is 0. The van der Waals surface area contributed by atoms with Gasteiger partial charge in [0.15, 0.2) is 0 Å². The van der Waals surface area contributed by atoms with Gasteiger partial charge in [-0.3, -0.25) is 0 Å². The molecular formula is C15H34N2O8. The van der Waals surface area contributed by atoms with E-state index in [2.05, 4.69) is 0 Å². The van der Waals surface area contributed by atoms with Crippen LogP contribution in [0.25, 0.3) is 0 Å². The SMILES string of the molecule is NCC(CC(O)CO)(CC(O)CO)C(N)(CC(O)CO)CC(O)CO. The maximum atomic E-state index is 9.93. The van der Waals surface area contributed by atoms with E-state index in [1.165, 1.54) is 0 Å². The Morgan fingerprint density at radius 2 is 0.880 bits per heavy atom. The maximum Gasteiger partial charge on any atom is 0.0788 e. The molecule has 0 aliphatic carbocycles. The summed E-state index contributed by atoms with van der Waals surface area (Å²) in [6.07, 6.45) is -5.85. The molecule has 0 aromatic carbocycles. The largest absolute Gasteiger partial charge is 0.394 e. The third-order valence-corrected chi connectivity index (χ3v) is 4.74. The van der Waals surface area contributed by atoms with Crippen LogP contribution < -0.4 is 11.5 Å². The minimum absolute atomic E-state index is 0.177. The Morgan fingerprint density at radius 3 is 1.12 bits per heavy atom. The highest BCUT2D eigenvalue weighted by Gasteiger charge is 2.51. The first-order valence-corrected chi connectivity index (χ1v) is 8.28.